The lowest BCUT2D eigenvalue weighted by molar-refractivity contribution is 0.482. The van der Waals surface area contributed by atoms with Gasteiger partial charge < -0.3 is 15.4 Å². The van der Waals surface area contributed by atoms with Gasteiger partial charge in [-0.2, -0.15) is 0 Å². The number of halogens is 1. The predicted octanol–water partition coefficient (Wildman–Crippen LogP) is 6.25. The Morgan fingerprint density at radius 1 is 0.880 bits per heavy atom. The van der Waals surface area contributed by atoms with Crippen molar-refractivity contribution in [2.45, 2.75) is 6.92 Å². The zero-order valence-corrected chi connectivity index (χ0v) is 15.2. The molecular weight excluding hydrogens is 352 g/mol. The first-order valence-corrected chi connectivity index (χ1v) is 8.56. The Hall–Kier alpha value is -2.56. The van der Waals surface area contributed by atoms with E-state index >= 15 is 0 Å². The normalized spacial score (nSPS) is 10.2. The van der Waals surface area contributed by atoms with Gasteiger partial charge in [0, 0.05) is 5.69 Å². The van der Waals surface area contributed by atoms with Crippen LogP contribution in [0.3, 0.4) is 0 Å². The Kier molecular flexibility index (Phi) is 5.53. The maximum Gasteiger partial charge on any atom is 0.175 e. The molecule has 0 saturated carbocycles. The zero-order valence-electron chi connectivity index (χ0n) is 13.6. The topological polar surface area (TPSA) is 33.3 Å². The fraction of sp³-hybridized carbons (Fsp3) is 0.0500. The van der Waals surface area contributed by atoms with Crippen LogP contribution in [0.4, 0.5) is 11.4 Å². The van der Waals surface area contributed by atoms with Crippen LogP contribution in [0.1, 0.15) is 5.56 Å². The number of rotatable bonds is 4. The number of ether oxygens (including phenoxy) is 1. The molecule has 5 heteroatoms. The molecule has 0 aromatic heterocycles. The average Bonchev–Trinajstić information content (AvgIpc) is 2.59. The highest BCUT2D eigenvalue weighted by Crippen LogP contribution is 2.24. The zero-order chi connectivity index (χ0) is 17.6. The average molecular weight is 369 g/mol. The molecule has 0 atom stereocenters. The first kappa shape index (κ1) is 17.3. The van der Waals surface area contributed by atoms with E-state index in [2.05, 4.69) is 10.6 Å². The molecule has 0 fully saturated rings. The van der Waals surface area contributed by atoms with Crippen LogP contribution in [0.5, 0.6) is 11.5 Å². The molecule has 3 aromatic rings. The molecule has 3 nitrogen and oxygen atoms in total. The quantitative estimate of drug-likeness (QED) is 0.533. The highest BCUT2D eigenvalue weighted by Gasteiger charge is 2.03. The lowest BCUT2D eigenvalue weighted by Crippen LogP contribution is -2.19. The summed E-state index contributed by atoms with van der Waals surface area (Å²) in [5.41, 5.74) is 2.79. The summed E-state index contributed by atoms with van der Waals surface area (Å²) < 4.78 is 5.84. The molecule has 0 radical (unpaired) electrons. The van der Waals surface area contributed by atoms with Gasteiger partial charge in [0.2, 0.25) is 0 Å². The lowest BCUT2D eigenvalue weighted by Gasteiger charge is -2.12. The van der Waals surface area contributed by atoms with E-state index in [1.165, 1.54) is 0 Å². The molecule has 0 saturated heterocycles. The highest BCUT2D eigenvalue weighted by atomic mass is 35.5. The van der Waals surface area contributed by atoms with Crippen LogP contribution < -0.4 is 15.4 Å². The van der Waals surface area contributed by atoms with Crippen LogP contribution >= 0.6 is 23.8 Å². The fourth-order valence-corrected chi connectivity index (χ4v) is 2.68. The summed E-state index contributed by atoms with van der Waals surface area (Å²) in [5, 5.41) is 7.29. The van der Waals surface area contributed by atoms with Gasteiger partial charge in [0.15, 0.2) is 5.11 Å². The lowest BCUT2D eigenvalue weighted by atomic mass is 10.2. The van der Waals surface area contributed by atoms with Crippen molar-refractivity contribution in [1.29, 1.82) is 0 Å². The minimum atomic E-state index is 0.473. The minimum Gasteiger partial charge on any atom is -0.457 e. The van der Waals surface area contributed by atoms with Gasteiger partial charge in [-0.3, -0.25) is 0 Å². The van der Waals surface area contributed by atoms with Crippen molar-refractivity contribution < 1.29 is 4.74 Å². The van der Waals surface area contributed by atoms with Gasteiger partial charge >= 0.3 is 0 Å². The third-order valence-corrected chi connectivity index (χ3v) is 3.99. The Bertz CT molecular complexity index is 881. The van der Waals surface area contributed by atoms with E-state index in [0.29, 0.717) is 10.1 Å². The second kappa shape index (κ2) is 8.01. The van der Waals surface area contributed by atoms with Crippen LogP contribution in [0.25, 0.3) is 0 Å². The number of hydrogen-bond donors (Lipinski definition) is 2. The minimum absolute atomic E-state index is 0.473. The van der Waals surface area contributed by atoms with E-state index < -0.39 is 0 Å². The van der Waals surface area contributed by atoms with Crippen LogP contribution in [-0.4, -0.2) is 5.11 Å². The van der Waals surface area contributed by atoms with Crippen molar-refractivity contribution >= 4 is 40.3 Å². The number of anilines is 2. The number of aryl methyl sites for hydroxylation is 1. The highest BCUT2D eigenvalue weighted by molar-refractivity contribution is 7.80. The molecular formula is C20H17ClN2OS. The molecule has 3 aromatic carbocycles. The van der Waals surface area contributed by atoms with Crippen molar-refractivity contribution in [1.82, 2.24) is 0 Å². The van der Waals surface area contributed by atoms with Crippen LogP contribution in [-0.2, 0) is 0 Å². The maximum atomic E-state index is 6.11. The predicted molar refractivity (Wildman–Crippen MR) is 109 cm³/mol. The molecule has 0 spiro atoms. The first-order chi connectivity index (χ1) is 12.1. The molecule has 3 rings (SSSR count). The van der Waals surface area contributed by atoms with E-state index in [1.807, 2.05) is 79.7 Å². The smallest absolute Gasteiger partial charge is 0.175 e. The van der Waals surface area contributed by atoms with E-state index in [1.54, 1.807) is 0 Å². The summed E-state index contributed by atoms with van der Waals surface area (Å²) in [5.74, 6) is 1.58. The van der Waals surface area contributed by atoms with Crippen molar-refractivity contribution in [2.75, 3.05) is 10.6 Å². The van der Waals surface area contributed by atoms with Gasteiger partial charge in [0.25, 0.3) is 0 Å². The van der Waals surface area contributed by atoms with E-state index in [4.69, 9.17) is 28.6 Å². The third kappa shape index (κ3) is 4.95. The Morgan fingerprint density at radius 3 is 2.36 bits per heavy atom. The third-order valence-electron chi connectivity index (χ3n) is 3.46. The number of nitrogens with one attached hydrogen (secondary N) is 2. The second-order valence-electron chi connectivity index (χ2n) is 5.50. The van der Waals surface area contributed by atoms with Gasteiger partial charge in [-0.05, 0) is 73.2 Å². The van der Waals surface area contributed by atoms with Crippen LogP contribution in [0.2, 0.25) is 5.02 Å². The number of thiocarbonyl (C=S) groups is 1. The molecule has 0 heterocycles. The molecule has 25 heavy (non-hydrogen) atoms. The van der Waals surface area contributed by atoms with Gasteiger partial charge in [0.1, 0.15) is 11.5 Å². The molecule has 0 amide bonds. The Balaban J connectivity index is 1.60. The summed E-state index contributed by atoms with van der Waals surface area (Å²) in [4.78, 5) is 0. The number of benzene rings is 3. The molecule has 0 unspecified atom stereocenters. The maximum absolute atomic E-state index is 6.11. The van der Waals surface area contributed by atoms with Crippen LogP contribution in [0.15, 0.2) is 72.8 Å². The largest absolute Gasteiger partial charge is 0.457 e. The van der Waals surface area contributed by atoms with E-state index in [9.17, 15) is 0 Å². The van der Waals surface area contributed by atoms with E-state index in [-0.39, 0.29) is 0 Å². The molecule has 0 bridgehead atoms. The van der Waals surface area contributed by atoms with Crippen molar-refractivity contribution in [3.63, 3.8) is 0 Å². The van der Waals surface area contributed by atoms with Gasteiger partial charge in [-0.15, -0.1) is 0 Å². The van der Waals surface area contributed by atoms with Gasteiger partial charge in [-0.1, -0.05) is 35.9 Å². The SMILES string of the molecule is Cc1cccc(Oc2ccc(NC(=S)Nc3ccccc3Cl)cc2)c1. The van der Waals surface area contributed by atoms with Crippen molar-refractivity contribution in [3.8, 4) is 11.5 Å². The summed E-state index contributed by atoms with van der Waals surface area (Å²) in [6, 6.07) is 23.0. The monoisotopic (exact) mass is 368 g/mol. The first-order valence-electron chi connectivity index (χ1n) is 7.77. The summed E-state index contributed by atoms with van der Waals surface area (Å²) in [6.07, 6.45) is 0. The fourth-order valence-electron chi connectivity index (χ4n) is 2.27. The summed E-state index contributed by atoms with van der Waals surface area (Å²) in [6.45, 7) is 2.03. The van der Waals surface area contributed by atoms with E-state index in [0.717, 1.165) is 28.4 Å². The second-order valence-corrected chi connectivity index (χ2v) is 6.32. The van der Waals surface area contributed by atoms with Gasteiger partial charge in [-0.25, -0.2) is 0 Å². The summed E-state index contributed by atoms with van der Waals surface area (Å²) in [7, 11) is 0. The number of para-hydroxylation sites is 1. The standard InChI is InChI=1S/C20H17ClN2OS/c1-14-5-4-6-17(13-14)24-16-11-9-15(10-12-16)22-20(25)23-19-8-3-2-7-18(19)21/h2-13H,1H3,(H2,22,23,25). The molecule has 126 valence electrons. The van der Waals surface area contributed by atoms with Crippen molar-refractivity contribution in [2.24, 2.45) is 0 Å². The molecule has 0 aliphatic rings. The Morgan fingerprint density at radius 2 is 1.64 bits per heavy atom. The van der Waals surface area contributed by atoms with Crippen LogP contribution in [0, 0.1) is 6.92 Å². The Labute approximate surface area is 157 Å². The molecule has 0 aliphatic carbocycles. The van der Waals surface area contributed by atoms with Crippen molar-refractivity contribution in [3.05, 3.63) is 83.4 Å². The van der Waals surface area contributed by atoms with Gasteiger partial charge in [0.05, 0.1) is 10.7 Å². The summed E-state index contributed by atoms with van der Waals surface area (Å²) >= 11 is 11.4. The number of hydrogen-bond acceptors (Lipinski definition) is 2. The molecule has 0 aliphatic heterocycles. The molecule has 2 N–H and O–H groups in total.